The predicted molar refractivity (Wildman–Crippen MR) is 108 cm³/mol. The second-order valence-corrected chi connectivity index (χ2v) is 5.80. The molecule has 0 spiro atoms. The zero-order valence-corrected chi connectivity index (χ0v) is 15.5. The molecule has 0 bridgehead atoms. The van der Waals surface area contributed by atoms with Crippen LogP contribution in [0.3, 0.4) is 0 Å². The lowest BCUT2D eigenvalue weighted by Gasteiger charge is -2.20. The normalized spacial score (nSPS) is 10.1. The van der Waals surface area contributed by atoms with Gasteiger partial charge >= 0.3 is 6.09 Å². The molecule has 0 aliphatic carbocycles. The van der Waals surface area contributed by atoms with Crippen molar-refractivity contribution in [2.24, 2.45) is 0 Å². The molecule has 0 unspecified atom stereocenters. The highest BCUT2D eigenvalue weighted by Crippen LogP contribution is 2.23. The number of aromatic nitrogens is 2. The van der Waals surface area contributed by atoms with Crippen LogP contribution in [0.15, 0.2) is 60.8 Å². The smallest absolute Gasteiger partial charge is 0.438 e. The van der Waals surface area contributed by atoms with E-state index in [1.54, 1.807) is 22.9 Å². The van der Waals surface area contributed by atoms with E-state index in [2.05, 4.69) is 5.10 Å². The van der Waals surface area contributed by atoms with Crippen molar-refractivity contribution in [3.05, 3.63) is 71.9 Å². The third kappa shape index (κ3) is 4.69. The number of nitrogens with zero attached hydrogens (tertiary/aromatic N) is 3. The minimum atomic E-state index is -0.617. The van der Waals surface area contributed by atoms with Gasteiger partial charge in [-0.1, -0.05) is 43.3 Å². The van der Waals surface area contributed by atoms with E-state index in [4.69, 9.17) is 14.3 Å². The molecule has 1 aromatic heterocycles. The van der Waals surface area contributed by atoms with Gasteiger partial charge in [0, 0.05) is 17.8 Å². The Morgan fingerprint density at radius 3 is 2.46 bits per heavy atom. The van der Waals surface area contributed by atoms with Crippen LogP contribution in [0.1, 0.15) is 18.6 Å². The van der Waals surface area contributed by atoms with Gasteiger partial charge in [-0.25, -0.2) is 9.48 Å². The number of hydroxylamine groups is 1. The van der Waals surface area contributed by atoms with Gasteiger partial charge in [0.2, 0.25) is 5.88 Å². The maximum atomic E-state index is 11.9. The number of amides is 1. The number of anilines is 1. The second kappa shape index (κ2) is 9.57. The maximum absolute atomic E-state index is 11.9. The lowest BCUT2D eigenvalue weighted by atomic mass is 10.2. The van der Waals surface area contributed by atoms with Crippen LogP contribution in [0.5, 0.6) is 5.88 Å². The van der Waals surface area contributed by atoms with Crippen LogP contribution < -0.4 is 9.80 Å². The lowest BCUT2D eigenvalue weighted by molar-refractivity contribution is 0.115. The Balaban J connectivity index is 0.00000280. The average molecular weight is 383 g/mol. The number of rotatable bonds is 6. The summed E-state index contributed by atoms with van der Waals surface area (Å²) in [6.45, 7) is 2.26. The maximum Gasteiger partial charge on any atom is 0.438 e. The zero-order valence-electron chi connectivity index (χ0n) is 15.5. The van der Waals surface area contributed by atoms with Crippen molar-refractivity contribution >= 4 is 11.8 Å². The average Bonchev–Trinajstić information content (AvgIpc) is 3.17. The molecule has 148 valence electrons. The first kappa shape index (κ1) is 21.0. The number of hydrogen-bond acceptors (Lipinski definition) is 5. The van der Waals surface area contributed by atoms with Gasteiger partial charge in [-0.3, -0.25) is 4.84 Å². The highest BCUT2D eigenvalue weighted by molar-refractivity contribution is 5.86. The molecular weight excluding hydrogens is 358 g/mol. The van der Waals surface area contributed by atoms with E-state index in [1.165, 1.54) is 19.8 Å². The topological polar surface area (TPSA) is 65.8 Å². The first-order valence-corrected chi connectivity index (χ1v) is 8.38. The van der Waals surface area contributed by atoms with E-state index in [0.717, 1.165) is 16.3 Å². The molecule has 28 heavy (non-hydrogen) atoms. The molecular formula is C21H25N3O4. The highest BCUT2D eigenvalue weighted by atomic mass is 16.7. The Hall–Kier alpha value is -3.32. The summed E-state index contributed by atoms with van der Waals surface area (Å²) < 4.78 is 12.3. The number of carbonyl (C=O) groups is 1. The first-order chi connectivity index (χ1) is 13.1. The minimum Gasteiger partial charge on any atom is -0.472 e. The fraction of sp³-hybridized carbons (Fsp3) is 0.238. The molecule has 1 amide bonds. The summed E-state index contributed by atoms with van der Waals surface area (Å²) in [4.78, 5) is 17.0. The summed E-state index contributed by atoms with van der Waals surface area (Å²) >= 11 is 0. The fourth-order valence-electron chi connectivity index (χ4n) is 2.56. The number of methoxy groups -OCH3 is 1. The van der Waals surface area contributed by atoms with Crippen LogP contribution in [0.25, 0.3) is 5.69 Å². The summed E-state index contributed by atoms with van der Waals surface area (Å²) in [6.07, 6.45) is 1.22. The molecule has 0 radical (unpaired) electrons. The summed E-state index contributed by atoms with van der Waals surface area (Å²) in [7, 11) is 2.70. The summed E-state index contributed by atoms with van der Waals surface area (Å²) in [5, 5.41) is 5.50. The first-order valence-electron chi connectivity index (χ1n) is 8.38. The van der Waals surface area contributed by atoms with Crippen molar-refractivity contribution in [2.75, 3.05) is 19.3 Å². The Morgan fingerprint density at radius 1 is 1.07 bits per heavy atom. The van der Waals surface area contributed by atoms with Crippen molar-refractivity contribution in [1.82, 2.24) is 9.78 Å². The Labute approximate surface area is 165 Å². The minimum absolute atomic E-state index is 0. The van der Waals surface area contributed by atoms with Crippen molar-refractivity contribution in [2.45, 2.75) is 21.0 Å². The van der Waals surface area contributed by atoms with Crippen LogP contribution in [-0.2, 0) is 16.2 Å². The zero-order chi connectivity index (χ0) is 19.2. The molecule has 0 saturated heterocycles. The predicted octanol–water partition coefficient (Wildman–Crippen LogP) is 4.53. The summed E-state index contributed by atoms with van der Waals surface area (Å²) in [6, 6.07) is 17.1. The molecule has 7 nitrogen and oxygen atoms in total. The van der Waals surface area contributed by atoms with Crippen molar-refractivity contribution in [3.63, 3.8) is 0 Å². The van der Waals surface area contributed by atoms with E-state index >= 15 is 0 Å². The number of hydrogen-bond donors (Lipinski definition) is 0. The van der Waals surface area contributed by atoms with Crippen LogP contribution in [0, 0.1) is 6.92 Å². The number of para-hydroxylation sites is 1. The van der Waals surface area contributed by atoms with Crippen LogP contribution in [0.2, 0.25) is 0 Å². The van der Waals surface area contributed by atoms with Gasteiger partial charge < -0.3 is 9.47 Å². The SMILES string of the molecule is C.COC(=O)N(OC)c1ccccc1COc1ccn(-c2ccc(C)cc2)n1. The second-order valence-electron chi connectivity index (χ2n) is 5.80. The third-order valence-electron chi connectivity index (χ3n) is 3.97. The van der Waals surface area contributed by atoms with Gasteiger partial charge in [-0.05, 0) is 25.1 Å². The Bertz CT molecular complexity index is 906. The molecule has 0 atom stereocenters. The van der Waals surface area contributed by atoms with Gasteiger partial charge in [-0.2, -0.15) is 5.06 Å². The van der Waals surface area contributed by atoms with Gasteiger partial charge in [0.25, 0.3) is 0 Å². The molecule has 2 aromatic carbocycles. The standard InChI is InChI=1S/C20H21N3O4.CH4/c1-15-8-10-17(11-9-15)22-13-12-19(21-22)27-14-16-6-4-5-7-18(16)23(26-3)20(24)25-2;/h4-13H,14H2,1-3H3;1H4. The number of carbonyl (C=O) groups excluding carboxylic acids is 1. The molecule has 3 aromatic rings. The van der Waals surface area contributed by atoms with Gasteiger partial charge in [0.1, 0.15) is 6.61 Å². The van der Waals surface area contributed by atoms with Crippen LogP contribution in [0.4, 0.5) is 10.5 Å². The molecule has 3 rings (SSSR count). The lowest BCUT2D eigenvalue weighted by Crippen LogP contribution is -2.30. The van der Waals surface area contributed by atoms with Crippen molar-refractivity contribution in [3.8, 4) is 11.6 Å². The summed E-state index contributed by atoms with van der Waals surface area (Å²) in [5.74, 6) is 0.479. The van der Waals surface area contributed by atoms with E-state index in [9.17, 15) is 4.79 Å². The van der Waals surface area contributed by atoms with Gasteiger partial charge in [-0.15, -0.1) is 5.10 Å². The molecule has 0 fully saturated rings. The van der Waals surface area contributed by atoms with E-state index < -0.39 is 6.09 Å². The highest BCUT2D eigenvalue weighted by Gasteiger charge is 2.19. The number of ether oxygens (including phenoxy) is 2. The Morgan fingerprint density at radius 2 is 1.79 bits per heavy atom. The van der Waals surface area contributed by atoms with E-state index in [1.807, 2.05) is 49.5 Å². The van der Waals surface area contributed by atoms with Gasteiger partial charge in [0.15, 0.2) is 0 Å². The van der Waals surface area contributed by atoms with E-state index in [0.29, 0.717) is 11.6 Å². The van der Waals surface area contributed by atoms with Crippen LogP contribution in [-0.4, -0.2) is 30.1 Å². The largest absolute Gasteiger partial charge is 0.472 e. The fourth-order valence-corrected chi connectivity index (χ4v) is 2.56. The van der Waals surface area contributed by atoms with Crippen LogP contribution >= 0.6 is 0 Å². The number of aryl methyl sites for hydroxylation is 1. The molecule has 0 aliphatic heterocycles. The molecule has 7 heteroatoms. The molecule has 0 N–H and O–H groups in total. The molecule has 1 heterocycles. The third-order valence-corrected chi connectivity index (χ3v) is 3.97. The quantitative estimate of drug-likeness (QED) is 0.585. The van der Waals surface area contributed by atoms with E-state index in [-0.39, 0.29) is 14.0 Å². The summed E-state index contributed by atoms with van der Waals surface area (Å²) in [5.41, 5.74) is 3.44. The Kier molecular flexibility index (Phi) is 7.17. The van der Waals surface area contributed by atoms with Crippen molar-refractivity contribution < 1.29 is 19.1 Å². The van der Waals surface area contributed by atoms with Crippen molar-refractivity contribution in [1.29, 1.82) is 0 Å². The molecule has 0 aliphatic rings. The molecule has 0 saturated carbocycles. The number of benzene rings is 2. The monoisotopic (exact) mass is 383 g/mol. The van der Waals surface area contributed by atoms with Gasteiger partial charge in [0.05, 0.1) is 25.6 Å².